The third kappa shape index (κ3) is 5.61. The summed E-state index contributed by atoms with van der Waals surface area (Å²) in [6.45, 7) is 6.22. The van der Waals surface area contributed by atoms with E-state index < -0.39 is 22.8 Å². The maximum Gasteiger partial charge on any atom is 0.410 e. The summed E-state index contributed by atoms with van der Waals surface area (Å²) >= 11 is 0. The lowest BCUT2D eigenvalue weighted by atomic mass is 9.90. The zero-order valence-corrected chi connectivity index (χ0v) is 24.5. The SMILES string of the molecule is CC(C)(C)OC(=O)N1CCC2(CC1)CN(CC(=O)Nc1ccc3c(c1)CC1(C3)NC(=O)NC1=O)C(=O)c1ccccc1O2.[HH].[HH].[HH]. The number of nitrogens with one attached hydrogen (secondary N) is 3. The number of amides is 6. The molecule has 43 heavy (non-hydrogen) atoms. The van der Waals surface area contributed by atoms with Crippen LogP contribution in [0.3, 0.4) is 0 Å². The van der Waals surface area contributed by atoms with Gasteiger partial charge in [0.1, 0.15) is 29.0 Å². The number of para-hydroxylation sites is 1. The van der Waals surface area contributed by atoms with Gasteiger partial charge in [-0.1, -0.05) is 18.2 Å². The number of hydrogen-bond acceptors (Lipinski definition) is 7. The van der Waals surface area contributed by atoms with Gasteiger partial charge < -0.3 is 29.9 Å². The highest BCUT2D eigenvalue weighted by atomic mass is 16.6. The quantitative estimate of drug-likeness (QED) is 0.461. The number of benzene rings is 2. The minimum Gasteiger partial charge on any atom is -0.484 e. The summed E-state index contributed by atoms with van der Waals surface area (Å²) in [5.41, 5.74) is 0.301. The molecule has 6 rings (SSSR count). The Morgan fingerprint density at radius 2 is 1.77 bits per heavy atom. The Bertz CT molecular complexity index is 1540. The number of ether oxygens (including phenoxy) is 2. The lowest BCUT2D eigenvalue weighted by Gasteiger charge is -2.42. The van der Waals surface area contributed by atoms with Crippen molar-refractivity contribution in [3.8, 4) is 5.75 Å². The number of carbonyl (C=O) groups is 5. The molecule has 3 heterocycles. The lowest BCUT2D eigenvalue weighted by molar-refractivity contribution is -0.123. The van der Waals surface area contributed by atoms with Gasteiger partial charge in [-0.2, -0.15) is 0 Å². The minimum absolute atomic E-state index is 0. The van der Waals surface area contributed by atoms with Gasteiger partial charge in [0.05, 0.1) is 12.1 Å². The molecule has 3 aliphatic heterocycles. The number of piperidine rings is 1. The molecule has 0 radical (unpaired) electrons. The van der Waals surface area contributed by atoms with E-state index >= 15 is 0 Å². The van der Waals surface area contributed by atoms with Crippen molar-refractivity contribution in [3.05, 3.63) is 59.2 Å². The number of rotatable bonds is 3. The number of carbonyl (C=O) groups excluding carboxylic acids is 5. The molecule has 232 valence electrons. The number of anilines is 1. The van der Waals surface area contributed by atoms with Crippen LogP contribution in [0.2, 0.25) is 0 Å². The van der Waals surface area contributed by atoms with E-state index in [4.69, 9.17) is 9.47 Å². The monoisotopic (exact) mass is 595 g/mol. The first-order chi connectivity index (χ1) is 20.3. The first-order valence-electron chi connectivity index (χ1n) is 14.4. The second-order valence-corrected chi connectivity index (χ2v) is 12.8. The summed E-state index contributed by atoms with van der Waals surface area (Å²) in [6.07, 6.45) is 1.24. The van der Waals surface area contributed by atoms with E-state index in [1.54, 1.807) is 41.3 Å². The van der Waals surface area contributed by atoms with Gasteiger partial charge in [0.15, 0.2) is 0 Å². The highest BCUT2D eigenvalue weighted by Gasteiger charge is 2.50. The lowest BCUT2D eigenvalue weighted by Crippen LogP contribution is -2.56. The molecule has 12 heteroatoms. The second-order valence-electron chi connectivity index (χ2n) is 12.8. The van der Waals surface area contributed by atoms with Crippen molar-refractivity contribution in [3.63, 3.8) is 0 Å². The average Bonchev–Trinajstić information content (AvgIpc) is 3.40. The molecule has 2 saturated heterocycles. The van der Waals surface area contributed by atoms with Gasteiger partial charge in [0.25, 0.3) is 11.8 Å². The number of urea groups is 1. The number of imide groups is 1. The third-order valence-corrected chi connectivity index (χ3v) is 8.36. The summed E-state index contributed by atoms with van der Waals surface area (Å²) < 4.78 is 12.0. The molecule has 2 fully saturated rings. The predicted octanol–water partition coefficient (Wildman–Crippen LogP) is 3.34. The van der Waals surface area contributed by atoms with Crippen LogP contribution in [0, 0.1) is 0 Å². The van der Waals surface area contributed by atoms with Gasteiger partial charge in [-0.3, -0.25) is 19.7 Å². The zero-order valence-electron chi connectivity index (χ0n) is 24.5. The van der Waals surface area contributed by atoms with Crippen LogP contribution in [0.1, 0.15) is 59.4 Å². The molecule has 4 aliphatic rings. The van der Waals surface area contributed by atoms with Gasteiger partial charge >= 0.3 is 12.1 Å². The van der Waals surface area contributed by atoms with Gasteiger partial charge in [-0.25, -0.2) is 9.59 Å². The van der Waals surface area contributed by atoms with E-state index in [9.17, 15) is 24.0 Å². The smallest absolute Gasteiger partial charge is 0.410 e. The molecule has 12 nitrogen and oxygen atoms in total. The summed E-state index contributed by atoms with van der Waals surface area (Å²) in [5.74, 6) is -0.589. The Hall–Kier alpha value is -4.61. The number of nitrogens with zero attached hydrogens (tertiary/aromatic N) is 2. The van der Waals surface area contributed by atoms with Crippen molar-refractivity contribution in [1.82, 2.24) is 20.4 Å². The van der Waals surface area contributed by atoms with Gasteiger partial charge in [0.2, 0.25) is 5.91 Å². The molecule has 1 unspecified atom stereocenters. The molecule has 2 aromatic rings. The molecule has 0 bridgehead atoms. The van der Waals surface area contributed by atoms with Gasteiger partial charge in [0, 0.05) is 48.7 Å². The van der Waals surface area contributed by atoms with Crippen molar-refractivity contribution in [1.29, 1.82) is 0 Å². The van der Waals surface area contributed by atoms with Gasteiger partial charge in [-0.15, -0.1) is 0 Å². The summed E-state index contributed by atoms with van der Waals surface area (Å²) in [6, 6.07) is 11.9. The van der Waals surface area contributed by atoms with Crippen molar-refractivity contribution in [2.45, 2.75) is 63.2 Å². The fourth-order valence-corrected chi connectivity index (χ4v) is 6.30. The standard InChI is InChI=1S/C31H35N5O7.3H2/c1-29(2,3)43-28(41)35-12-10-30(11-13-35)18-36(25(38)22-6-4-5-7-23(22)42-30)17-24(37)32-21-9-8-19-15-31(16-20(19)14-21)26(39)33-27(40)34-31;;;/h4-9,14H,10-13,15-18H2,1-3H3,(H,32,37)(H2,33,34,39,40);3*1H. The molecule has 1 atom stereocenters. The molecule has 2 spiro atoms. The number of likely N-dealkylation sites (tertiary alicyclic amines) is 1. The first kappa shape index (κ1) is 28.5. The van der Waals surface area contributed by atoms with Gasteiger partial charge in [-0.05, 0) is 56.2 Å². The highest BCUT2D eigenvalue weighted by Crippen LogP contribution is 2.37. The molecule has 3 N–H and O–H groups in total. The Morgan fingerprint density at radius 1 is 1.05 bits per heavy atom. The Balaban J connectivity index is 0.00000192. The topological polar surface area (TPSA) is 146 Å². The fraction of sp³-hybridized carbons (Fsp3) is 0.452. The largest absolute Gasteiger partial charge is 0.484 e. The predicted molar refractivity (Wildman–Crippen MR) is 161 cm³/mol. The van der Waals surface area contributed by atoms with E-state index in [1.165, 1.54) is 4.90 Å². The molecule has 0 aromatic heterocycles. The summed E-state index contributed by atoms with van der Waals surface area (Å²) in [5, 5.41) is 7.92. The van der Waals surface area contributed by atoms with Crippen LogP contribution in [0.5, 0.6) is 5.75 Å². The van der Waals surface area contributed by atoms with E-state index in [0.717, 1.165) is 11.1 Å². The van der Waals surface area contributed by atoms with Crippen LogP contribution in [-0.4, -0.2) is 82.6 Å². The molecule has 6 amide bonds. The first-order valence-corrected chi connectivity index (χ1v) is 14.4. The molecule has 2 aromatic carbocycles. The number of fused-ring (bicyclic) bond motifs is 2. The molecule has 0 saturated carbocycles. The minimum atomic E-state index is -0.999. The zero-order chi connectivity index (χ0) is 30.6. The Morgan fingerprint density at radius 3 is 2.47 bits per heavy atom. The summed E-state index contributed by atoms with van der Waals surface area (Å²) in [7, 11) is 0. The molecular weight excluding hydrogens is 554 g/mol. The Kier molecular flexibility index (Phi) is 6.82. The van der Waals surface area contributed by atoms with Crippen LogP contribution < -0.4 is 20.7 Å². The van der Waals surface area contributed by atoms with Crippen molar-refractivity contribution < 1.29 is 37.7 Å². The second kappa shape index (κ2) is 10.3. The van der Waals surface area contributed by atoms with E-state index in [2.05, 4.69) is 16.0 Å². The van der Waals surface area contributed by atoms with Crippen LogP contribution >= 0.6 is 0 Å². The molecular formula is C31H41N5O7. The fourth-order valence-electron chi connectivity index (χ4n) is 6.30. The maximum absolute atomic E-state index is 13.6. The van der Waals surface area contributed by atoms with E-state index in [0.29, 0.717) is 55.8 Å². The van der Waals surface area contributed by atoms with Crippen LogP contribution in [-0.2, 0) is 27.2 Å². The van der Waals surface area contributed by atoms with Crippen molar-refractivity contribution in [2.75, 3.05) is 31.5 Å². The van der Waals surface area contributed by atoms with Crippen LogP contribution in [0.4, 0.5) is 15.3 Å². The van der Waals surface area contributed by atoms with Crippen LogP contribution in [0.15, 0.2) is 42.5 Å². The van der Waals surface area contributed by atoms with Crippen molar-refractivity contribution in [2.24, 2.45) is 0 Å². The molecule has 1 aliphatic carbocycles. The average molecular weight is 596 g/mol. The highest BCUT2D eigenvalue weighted by molar-refractivity contribution is 6.08. The Labute approximate surface area is 253 Å². The van der Waals surface area contributed by atoms with E-state index in [-0.39, 0.29) is 41.2 Å². The third-order valence-electron chi connectivity index (χ3n) is 8.36. The normalized spacial score (nSPS) is 22.3. The van der Waals surface area contributed by atoms with Crippen molar-refractivity contribution >= 4 is 35.5 Å². The van der Waals surface area contributed by atoms with E-state index in [1.807, 2.05) is 26.8 Å². The summed E-state index contributed by atoms with van der Waals surface area (Å²) in [4.78, 5) is 66.9. The maximum atomic E-state index is 13.6. The van der Waals surface area contributed by atoms with Crippen LogP contribution in [0.25, 0.3) is 0 Å². The number of hydrogen-bond donors (Lipinski definition) is 3.